The minimum Gasteiger partial charge on any atom is -0.397 e. The molecule has 0 radical (unpaired) electrons. The van der Waals surface area contributed by atoms with Crippen LogP contribution in [0.5, 0.6) is 0 Å². The summed E-state index contributed by atoms with van der Waals surface area (Å²) >= 11 is 3.10. The van der Waals surface area contributed by atoms with E-state index in [2.05, 4.69) is 26.3 Å². The van der Waals surface area contributed by atoms with Crippen LogP contribution >= 0.6 is 15.9 Å². The van der Waals surface area contributed by atoms with E-state index in [1.807, 2.05) is 20.2 Å². The summed E-state index contributed by atoms with van der Waals surface area (Å²) in [7, 11) is 1.87. The molecule has 0 aliphatic rings. The van der Waals surface area contributed by atoms with Gasteiger partial charge in [-0.25, -0.2) is 4.39 Å². The van der Waals surface area contributed by atoms with Crippen LogP contribution in [-0.4, -0.2) is 9.78 Å². The molecule has 0 fully saturated rings. The second kappa shape index (κ2) is 4.97. The van der Waals surface area contributed by atoms with Crippen molar-refractivity contribution < 1.29 is 4.39 Å². The van der Waals surface area contributed by atoms with Crippen molar-refractivity contribution in [1.29, 1.82) is 0 Å². The summed E-state index contributed by atoms with van der Waals surface area (Å²) in [5.41, 5.74) is 8.91. The molecule has 1 aromatic carbocycles. The Kier molecular flexibility index (Phi) is 3.56. The van der Waals surface area contributed by atoms with Crippen LogP contribution in [0.3, 0.4) is 0 Å². The van der Waals surface area contributed by atoms with Gasteiger partial charge in [0.25, 0.3) is 0 Å². The average Bonchev–Trinajstić information content (AvgIpc) is 2.61. The highest BCUT2D eigenvalue weighted by molar-refractivity contribution is 9.10. The quantitative estimate of drug-likeness (QED) is 0.857. The number of hydrogen-bond acceptors (Lipinski definition) is 3. The lowest BCUT2D eigenvalue weighted by Crippen LogP contribution is -2.03. The number of nitrogens with zero attached hydrogens (tertiary/aromatic N) is 2. The third kappa shape index (κ3) is 2.64. The molecule has 4 nitrogen and oxygen atoms in total. The second-order valence-corrected chi connectivity index (χ2v) is 4.97. The number of rotatable bonds is 3. The lowest BCUT2D eigenvalue weighted by molar-refractivity contribution is 0.622. The molecular formula is C12H14BrFN4. The van der Waals surface area contributed by atoms with Crippen molar-refractivity contribution in [1.82, 2.24) is 9.78 Å². The Bertz CT molecular complexity index is 580. The van der Waals surface area contributed by atoms with Crippen molar-refractivity contribution in [2.45, 2.75) is 13.5 Å². The van der Waals surface area contributed by atoms with Crippen molar-refractivity contribution in [3.05, 3.63) is 39.9 Å². The molecule has 96 valence electrons. The molecule has 18 heavy (non-hydrogen) atoms. The first-order valence-corrected chi connectivity index (χ1v) is 6.24. The number of nitrogens with one attached hydrogen (secondary N) is 1. The lowest BCUT2D eigenvalue weighted by Gasteiger charge is -2.09. The van der Waals surface area contributed by atoms with Gasteiger partial charge >= 0.3 is 0 Å². The molecule has 0 saturated carbocycles. The van der Waals surface area contributed by atoms with Crippen LogP contribution in [0.4, 0.5) is 15.8 Å². The molecule has 6 heteroatoms. The Hall–Kier alpha value is -1.56. The van der Waals surface area contributed by atoms with Crippen LogP contribution in [0.1, 0.15) is 11.3 Å². The van der Waals surface area contributed by atoms with Gasteiger partial charge in [-0.15, -0.1) is 0 Å². The summed E-state index contributed by atoms with van der Waals surface area (Å²) in [6.07, 6.45) is 1.92. The number of anilines is 2. The summed E-state index contributed by atoms with van der Waals surface area (Å²) in [5, 5.41) is 7.35. The Morgan fingerprint density at radius 1 is 1.50 bits per heavy atom. The molecule has 0 aliphatic carbocycles. The monoisotopic (exact) mass is 312 g/mol. The molecule has 1 aromatic heterocycles. The number of aromatic nitrogens is 2. The van der Waals surface area contributed by atoms with Gasteiger partial charge in [-0.2, -0.15) is 5.10 Å². The van der Waals surface area contributed by atoms with Crippen molar-refractivity contribution in [3.63, 3.8) is 0 Å². The maximum absolute atomic E-state index is 13.4. The number of aryl methyl sites for hydroxylation is 2. The third-order valence-corrected chi connectivity index (χ3v) is 3.28. The molecular weight excluding hydrogens is 299 g/mol. The smallest absolute Gasteiger partial charge is 0.139 e. The molecule has 1 heterocycles. The number of nitrogens with two attached hydrogens (primary N) is 1. The van der Waals surface area contributed by atoms with Gasteiger partial charge < -0.3 is 11.1 Å². The number of nitrogen functional groups attached to an aromatic ring is 1. The molecule has 0 atom stereocenters. The molecule has 2 rings (SSSR count). The predicted octanol–water partition coefficient (Wildman–Crippen LogP) is 2.82. The number of hydrogen-bond donors (Lipinski definition) is 2. The Balaban J connectivity index is 2.15. The average molecular weight is 313 g/mol. The Morgan fingerprint density at radius 3 is 2.83 bits per heavy atom. The van der Waals surface area contributed by atoms with E-state index in [-0.39, 0.29) is 5.82 Å². The summed E-state index contributed by atoms with van der Waals surface area (Å²) in [5.74, 6) is -0.338. The van der Waals surface area contributed by atoms with Gasteiger partial charge in [0.1, 0.15) is 5.82 Å². The fourth-order valence-corrected chi connectivity index (χ4v) is 2.09. The summed E-state index contributed by atoms with van der Waals surface area (Å²) in [6, 6.07) is 2.93. The summed E-state index contributed by atoms with van der Waals surface area (Å²) in [6.45, 7) is 2.49. The Morgan fingerprint density at radius 2 is 2.22 bits per heavy atom. The predicted molar refractivity (Wildman–Crippen MR) is 73.8 cm³/mol. The SMILES string of the molecule is Cc1nn(C)cc1CNc1cc(F)c(Br)cc1N. The molecule has 0 aliphatic heterocycles. The topological polar surface area (TPSA) is 55.9 Å². The number of benzene rings is 1. The molecule has 0 spiro atoms. The van der Waals surface area contributed by atoms with Gasteiger partial charge in [0, 0.05) is 31.4 Å². The zero-order chi connectivity index (χ0) is 13.3. The molecule has 0 saturated heterocycles. The normalized spacial score (nSPS) is 10.7. The fraction of sp³-hybridized carbons (Fsp3) is 0.250. The molecule has 0 amide bonds. The van der Waals surface area contributed by atoms with E-state index >= 15 is 0 Å². The van der Waals surface area contributed by atoms with Gasteiger partial charge in [0.05, 0.1) is 21.5 Å². The maximum atomic E-state index is 13.4. The van der Waals surface area contributed by atoms with Gasteiger partial charge in [0.2, 0.25) is 0 Å². The van der Waals surface area contributed by atoms with Gasteiger partial charge in [-0.1, -0.05) is 0 Å². The van der Waals surface area contributed by atoms with Gasteiger partial charge in [-0.3, -0.25) is 4.68 Å². The lowest BCUT2D eigenvalue weighted by atomic mass is 10.2. The zero-order valence-electron chi connectivity index (χ0n) is 10.2. The molecule has 3 N–H and O–H groups in total. The minimum absolute atomic E-state index is 0.338. The van der Waals surface area contributed by atoms with Crippen molar-refractivity contribution in [3.8, 4) is 0 Å². The second-order valence-electron chi connectivity index (χ2n) is 4.12. The van der Waals surface area contributed by atoms with Crippen molar-refractivity contribution in [2.75, 3.05) is 11.1 Å². The van der Waals surface area contributed by atoms with Crippen LogP contribution in [-0.2, 0) is 13.6 Å². The summed E-state index contributed by atoms with van der Waals surface area (Å²) < 4.78 is 15.5. The van der Waals surface area contributed by atoms with Crippen LogP contribution < -0.4 is 11.1 Å². The maximum Gasteiger partial charge on any atom is 0.139 e. The van der Waals surface area contributed by atoms with Crippen LogP contribution in [0.25, 0.3) is 0 Å². The minimum atomic E-state index is -0.338. The molecule has 0 bridgehead atoms. The largest absolute Gasteiger partial charge is 0.397 e. The molecule has 2 aromatic rings. The van der Waals surface area contributed by atoms with Gasteiger partial charge in [0.15, 0.2) is 0 Å². The van der Waals surface area contributed by atoms with Crippen LogP contribution in [0, 0.1) is 12.7 Å². The third-order valence-electron chi connectivity index (χ3n) is 2.68. The summed E-state index contributed by atoms with van der Waals surface area (Å²) in [4.78, 5) is 0. The van der Waals surface area contributed by atoms with Gasteiger partial charge in [-0.05, 0) is 28.9 Å². The highest BCUT2D eigenvalue weighted by Gasteiger charge is 2.07. The highest BCUT2D eigenvalue weighted by Crippen LogP contribution is 2.26. The van der Waals surface area contributed by atoms with E-state index < -0.39 is 0 Å². The standard InChI is InChI=1S/C12H14BrFN4/c1-7-8(6-18(2)17-7)5-16-12-4-10(14)9(13)3-11(12)15/h3-4,6,16H,5,15H2,1-2H3. The van der Waals surface area contributed by atoms with E-state index in [1.54, 1.807) is 10.7 Å². The van der Waals surface area contributed by atoms with Crippen LogP contribution in [0.15, 0.2) is 22.8 Å². The first-order valence-electron chi connectivity index (χ1n) is 5.45. The van der Waals surface area contributed by atoms with E-state index in [9.17, 15) is 4.39 Å². The number of halogens is 2. The van der Waals surface area contributed by atoms with E-state index in [0.29, 0.717) is 22.4 Å². The van der Waals surface area contributed by atoms with Crippen molar-refractivity contribution >= 4 is 27.3 Å². The van der Waals surface area contributed by atoms with E-state index in [0.717, 1.165) is 11.3 Å². The van der Waals surface area contributed by atoms with E-state index in [1.165, 1.54) is 6.07 Å². The first kappa shape index (κ1) is 12.9. The highest BCUT2D eigenvalue weighted by atomic mass is 79.9. The van der Waals surface area contributed by atoms with E-state index in [4.69, 9.17) is 5.73 Å². The fourth-order valence-electron chi connectivity index (χ4n) is 1.73. The Labute approximate surface area is 113 Å². The first-order chi connectivity index (χ1) is 8.47. The van der Waals surface area contributed by atoms with Crippen molar-refractivity contribution in [2.24, 2.45) is 7.05 Å². The molecule has 0 unspecified atom stereocenters. The van der Waals surface area contributed by atoms with Crippen LogP contribution in [0.2, 0.25) is 0 Å². The zero-order valence-corrected chi connectivity index (χ0v) is 11.8.